The van der Waals surface area contributed by atoms with Crippen LogP contribution in [0.1, 0.15) is 0 Å². The van der Waals surface area contributed by atoms with Crippen LogP contribution < -0.4 is 16.3 Å². The summed E-state index contributed by atoms with van der Waals surface area (Å²) in [5, 5.41) is 0. The quantitative estimate of drug-likeness (QED) is 0.447. The molecule has 0 fully saturated rings. The zero-order chi connectivity index (χ0) is 6.85. The molecule has 0 saturated heterocycles. The highest BCUT2D eigenvalue weighted by Crippen LogP contribution is 2.07. The summed E-state index contributed by atoms with van der Waals surface area (Å²) in [4.78, 5) is 0. The van der Waals surface area contributed by atoms with E-state index >= 15 is 0 Å². The van der Waals surface area contributed by atoms with E-state index in [1.165, 1.54) is 4.68 Å². The molecule has 0 aromatic carbocycles. The number of aromatic nitrogens is 1. The highest BCUT2D eigenvalue weighted by atomic mass is 79.9. The molecule has 0 amide bonds. The minimum absolute atomic E-state index is 0.532. The van der Waals surface area contributed by atoms with Crippen molar-refractivity contribution in [2.45, 2.75) is 0 Å². The molecule has 48 valence electrons. The maximum atomic E-state index is 5.43. The molecule has 0 radical (unpaired) electrons. The van der Waals surface area contributed by atoms with Crippen LogP contribution in [0.2, 0.25) is 0 Å². The van der Waals surface area contributed by atoms with Crippen LogP contribution in [0.25, 0.3) is 0 Å². The van der Waals surface area contributed by atoms with E-state index in [1.807, 2.05) is 6.07 Å². The highest BCUT2D eigenvalue weighted by Gasteiger charge is 1.97. The Bertz CT molecular complexity index is 223. The van der Waals surface area contributed by atoms with Crippen LogP contribution in [0.4, 0.5) is 5.82 Å². The monoisotopic (exact) mass is 188 g/mol. The number of nitrogen functional groups attached to an aromatic ring is 2. The molecule has 4 N–H and O–H groups in total. The molecule has 9 heavy (non-hydrogen) atoms. The highest BCUT2D eigenvalue weighted by molar-refractivity contribution is 9.10. The maximum Gasteiger partial charge on any atom is 0.296 e. The van der Waals surface area contributed by atoms with Gasteiger partial charge in [0.25, 0.3) is 5.82 Å². The Morgan fingerprint density at radius 1 is 1.56 bits per heavy atom. The van der Waals surface area contributed by atoms with Crippen molar-refractivity contribution in [1.29, 1.82) is 0 Å². The SMILES string of the molecule is Nc1cc(Br)cc[n+]1N. The van der Waals surface area contributed by atoms with Crippen LogP contribution in [0.3, 0.4) is 0 Å². The van der Waals surface area contributed by atoms with E-state index in [9.17, 15) is 0 Å². The Hall–Kier alpha value is -0.770. The third-order valence-corrected chi connectivity index (χ3v) is 1.47. The maximum absolute atomic E-state index is 5.43. The zero-order valence-corrected chi connectivity index (χ0v) is 6.30. The first-order valence-electron chi connectivity index (χ1n) is 2.42. The summed E-state index contributed by atoms with van der Waals surface area (Å²) in [6.45, 7) is 0. The van der Waals surface area contributed by atoms with Gasteiger partial charge in [0.05, 0.1) is 0 Å². The van der Waals surface area contributed by atoms with Gasteiger partial charge >= 0.3 is 0 Å². The topological polar surface area (TPSA) is 55.9 Å². The molecule has 0 aliphatic heterocycles. The van der Waals surface area contributed by atoms with Crippen molar-refractivity contribution in [2.75, 3.05) is 11.6 Å². The lowest BCUT2D eigenvalue weighted by atomic mass is 10.5. The van der Waals surface area contributed by atoms with Crippen molar-refractivity contribution < 1.29 is 4.68 Å². The minimum atomic E-state index is 0.532. The minimum Gasteiger partial charge on any atom is -0.285 e. The van der Waals surface area contributed by atoms with E-state index in [4.69, 9.17) is 11.6 Å². The van der Waals surface area contributed by atoms with Crippen LogP contribution in [0.15, 0.2) is 22.8 Å². The molecule has 1 rings (SSSR count). The van der Waals surface area contributed by atoms with E-state index in [1.54, 1.807) is 12.3 Å². The lowest BCUT2D eigenvalue weighted by Gasteiger charge is -1.92. The number of halogens is 1. The molecule has 3 nitrogen and oxygen atoms in total. The smallest absolute Gasteiger partial charge is 0.285 e. The molecule has 4 heteroatoms. The molecule has 1 aromatic rings. The Morgan fingerprint density at radius 2 is 2.22 bits per heavy atom. The van der Waals surface area contributed by atoms with Crippen molar-refractivity contribution in [3.8, 4) is 0 Å². The number of hydrogen-bond acceptors (Lipinski definition) is 2. The molecular weight excluding hydrogens is 182 g/mol. The molecule has 1 aromatic heterocycles. The van der Waals surface area contributed by atoms with Gasteiger partial charge in [0.15, 0.2) is 0 Å². The average molecular weight is 189 g/mol. The van der Waals surface area contributed by atoms with Gasteiger partial charge in [-0.25, -0.2) is 0 Å². The van der Waals surface area contributed by atoms with E-state index in [0.717, 1.165) is 4.47 Å². The average Bonchev–Trinajstić information content (AvgIpc) is 1.80. The van der Waals surface area contributed by atoms with E-state index in [0.29, 0.717) is 5.82 Å². The third-order valence-electron chi connectivity index (χ3n) is 0.978. The van der Waals surface area contributed by atoms with Gasteiger partial charge in [-0.3, -0.25) is 11.6 Å². The van der Waals surface area contributed by atoms with E-state index < -0.39 is 0 Å². The predicted molar refractivity (Wildman–Crippen MR) is 38.9 cm³/mol. The van der Waals surface area contributed by atoms with Gasteiger partial charge in [-0.1, -0.05) is 15.9 Å². The summed E-state index contributed by atoms with van der Waals surface area (Å²) in [6.07, 6.45) is 1.68. The second kappa shape index (κ2) is 2.23. The number of pyridine rings is 1. The second-order valence-electron chi connectivity index (χ2n) is 1.68. The normalized spacial score (nSPS) is 9.44. The third kappa shape index (κ3) is 1.32. The lowest BCUT2D eigenvalue weighted by Crippen LogP contribution is -2.46. The van der Waals surface area contributed by atoms with E-state index in [-0.39, 0.29) is 0 Å². The van der Waals surface area contributed by atoms with Crippen LogP contribution in [-0.4, -0.2) is 0 Å². The Kier molecular flexibility index (Phi) is 1.57. The fourth-order valence-corrected chi connectivity index (χ4v) is 0.854. The number of nitrogens with two attached hydrogens (primary N) is 2. The van der Waals surface area contributed by atoms with Crippen LogP contribution in [-0.2, 0) is 0 Å². The number of rotatable bonds is 0. The molecule has 0 unspecified atom stereocenters. The first-order chi connectivity index (χ1) is 4.20. The standard InChI is InChI=1S/C5H6BrN3/c6-4-1-2-9(8)5(7)3-4/h1-3,7H,8H2/p+1. The van der Waals surface area contributed by atoms with Crippen molar-refractivity contribution in [2.24, 2.45) is 0 Å². The van der Waals surface area contributed by atoms with Crippen LogP contribution in [0.5, 0.6) is 0 Å². The summed E-state index contributed by atoms with van der Waals surface area (Å²) < 4.78 is 2.28. The van der Waals surface area contributed by atoms with Crippen molar-refractivity contribution >= 4 is 21.7 Å². The van der Waals surface area contributed by atoms with Gasteiger partial charge in [-0.15, -0.1) is 4.68 Å². The largest absolute Gasteiger partial charge is 0.296 e. The summed E-state index contributed by atoms with van der Waals surface area (Å²) >= 11 is 3.25. The van der Waals surface area contributed by atoms with Crippen molar-refractivity contribution in [3.63, 3.8) is 0 Å². The van der Waals surface area contributed by atoms with Crippen molar-refractivity contribution in [3.05, 3.63) is 22.8 Å². The summed E-state index contributed by atoms with van der Waals surface area (Å²) in [7, 11) is 0. The first-order valence-corrected chi connectivity index (χ1v) is 3.21. The summed E-state index contributed by atoms with van der Waals surface area (Å²) in [5.41, 5.74) is 5.43. The fourth-order valence-electron chi connectivity index (χ4n) is 0.501. The molecule has 0 spiro atoms. The number of anilines is 1. The van der Waals surface area contributed by atoms with Crippen LogP contribution >= 0.6 is 15.9 Å². The van der Waals surface area contributed by atoms with Crippen molar-refractivity contribution in [1.82, 2.24) is 0 Å². The molecular formula is C5H7BrN3+. The zero-order valence-electron chi connectivity index (χ0n) is 4.71. The molecule has 0 aliphatic carbocycles. The van der Waals surface area contributed by atoms with Gasteiger partial charge in [-0.05, 0) is 6.07 Å². The van der Waals surface area contributed by atoms with Gasteiger partial charge in [0.2, 0.25) is 0 Å². The van der Waals surface area contributed by atoms with Crippen LogP contribution in [0, 0.1) is 0 Å². The predicted octanol–water partition coefficient (Wildman–Crippen LogP) is 0.0326. The molecule has 0 bridgehead atoms. The molecule has 1 heterocycles. The Morgan fingerprint density at radius 3 is 2.67 bits per heavy atom. The Balaban J connectivity index is 3.17. The molecule has 0 atom stereocenters. The Labute approximate surface area is 61.4 Å². The van der Waals surface area contributed by atoms with Gasteiger partial charge < -0.3 is 0 Å². The molecule has 0 aliphatic rings. The summed E-state index contributed by atoms with van der Waals surface area (Å²) in [6, 6.07) is 3.55. The van der Waals surface area contributed by atoms with Gasteiger partial charge in [-0.2, -0.15) is 0 Å². The fraction of sp³-hybridized carbons (Fsp3) is 0. The second-order valence-corrected chi connectivity index (χ2v) is 2.59. The van der Waals surface area contributed by atoms with E-state index in [2.05, 4.69) is 15.9 Å². The lowest BCUT2D eigenvalue weighted by molar-refractivity contribution is -0.623. The first kappa shape index (κ1) is 6.35. The number of nitrogens with zero attached hydrogens (tertiary/aromatic N) is 1. The summed E-state index contributed by atoms with van der Waals surface area (Å²) in [5.74, 6) is 5.89. The number of hydrogen-bond donors (Lipinski definition) is 2. The molecule has 0 saturated carbocycles. The van der Waals surface area contributed by atoms with Gasteiger partial charge in [0.1, 0.15) is 6.20 Å². The van der Waals surface area contributed by atoms with Gasteiger partial charge in [0, 0.05) is 10.5 Å².